The summed E-state index contributed by atoms with van der Waals surface area (Å²) in [5.41, 5.74) is 1.01. The van der Waals surface area contributed by atoms with Crippen molar-refractivity contribution in [3.8, 4) is 5.75 Å². The summed E-state index contributed by atoms with van der Waals surface area (Å²) in [6.07, 6.45) is -0.143. The maximum atomic E-state index is 11.8. The minimum Gasteiger partial charge on any atom is -0.482 e. The van der Waals surface area contributed by atoms with Gasteiger partial charge in [0, 0.05) is 19.6 Å². The minimum absolute atomic E-state index is 0.0572. The predicted molar refractivity (Wildman–Crippen MR) is 79.5 cm³/mol. The van der Waals surface area contributed by atoms with Crippen molar-refractivity contribution in [3.63, 3.8) is 0 Å². The van der Waals surface area contributed by atoms with E-state index in [2.05, 4.69) is 4.90 Å². The average molecular weight is 293 g/mol. The molecule has 21 heavy (non-hydrogen) atoms. The summed E-state index contributed by atoms with van der Waals surface area (Å²) in [5.74, 6) is 0.384. The summed E-state index contributed by atoms with van der Waals surface area (Å²) in [6.45, 7) is 7.80. The highest BCUT2D eigenvalue weighted by Crippen LogP contribution is 2.16. The number of benzene rings is 1. The Morgan fingerprint density at radius 3 is 2.76 bits per heavy atom. The quantitative estimate of drug-likeness (QED) is 0.746. The number of morpholine rings is 1. The van der Waals surface area contributed by atoms with Crippen LogP contribution in [0.1, 0.15) is 12.5 Å². The summed E-state index contributed by atoms with van der Waals surface area (Å²) in [4.78, 5) is 14.0. The molecule has 1 aliphatic heterocycles. The van der Waals surface area contributed by atoms with Crippen LogP contribution in [-0.2, 0) is 14.3 Å². The van der Waals surface area contributed by atoms with Gasteiger partial charge in [0.1, 0.15) is 11.9 Å². The number of hydrogen-bond donors (Lipinski definition) is 0. The standard InChI is InChI=1S/C16H23NO4/c1-13-5-3-4-6-15(13)20-12-16(18)21-14(2)11-17-7-9-19-10-8-17/h3-6,14H,7-12H2,1-2H3/t14-/m0/s1. The van der Waals surface area contributed by atoms with E-state index in [9.17, 15) is 4.79 Å². The molecule has 1 heterocycles. The van der Waals surface area contributed by atoms with E-state index in [1.54, 1.807) is 0 Å². The number of para-hydroxylation sites is 1. The fraction of sp³-hybridized carbons (Fsp3) is 0.562. The lowest BCUT2D eigenvalue weighted by Crippen LogP contribution is -2.41. The fourth-order valence-corrected chi connectivity index (χ4v) is 2.30. The van der Waals surface area contributed by atoms with Crippen LogP contribution in [0.2, 0.25) is 0 Å². The number of hydrogen-bond acceptors (Lipinski definition) is 5. The molecule has 0 bridgehead atoms. The second kappa shape index (κ2) is 8.00. The molecule has 0 aromatic heterocycles. The first kappa shape index (κ1) is 15.8. The summed E-state index contributed by atoms with van der Waals surface area (Å²) in [6, 6.07) is 7.61. The largest absolute Gasteiger partial charge is 0.482 e. The third kappa shape index (κ3) is 5.36. The smallest absolute Gasteiger partial charge is 0.344 e. The van der Waals surface area contributed by atoms with Crippen LogP contribution in [-0.4, -0.2) is 56.4 Å². The molecule has 1 aromatic carbocycles. The van der Waals surface area contributed by atoms with Crippen LogP contribution >= 0.6 is 0 Å². The van der Waals surface area contributed by atoms with Gasteiger partial charge in [0.2, 0.25) is 0 Å². The molecule has 0 amide bonds. The molecule has 0 N–H and O–H groups in total. The van der Waals surface area contributed by atoms with Crippen molar-refractivity contribution in [2.45, 2.75) is 20.0 Å². The van der Waals surface area contributed by atoms with Crippen LogP contribution in [0.15, 0.2) is 24.3 Å². The first-order valence-corrected chi connectivity index (χ1v) is 7.33. The Balaban J connectivity index is 1.70. The van der Waals surface area contributed by atoms with Gasteiger partial charge in [-0.2, -0.15) is 0 Å². The van der Waals surface area contributed by atoms with Crippen molar-refractivity contribution in [2.24, 2.45) is 0 Å². The van der Waals surface area contributed by atoms with E-state index in [1.165, 1.54) is 0 Å². The number of nitrogens with zero attached hydrogens (tertiary/aromatic N) is 1. The van der Waals surface area contributed by atoms with Gasteiger partial charge >= 0.3 is 5.97 Å². The number of carbonyl (C=O) groups is 1. The fourth-order valence-electron chi connectivity index (χ4n) is 2.30. The zero-order valence-electron chi connectivity index (χ0n) is 12.7. The lowest BCUT2D eigenvalue weighted by atomic mass is 10.2. The molecule has 116 valence electrons. The molecule has 1 saturated heterocycles. The van der Waals surface area contributed by atoms with E-state index in [0.29, 0.717) is 0 Å². The SMILES string of the molecule is Cc1ccccc1OCC(=O)O[C@@H](C)CN1CCOCC1. The van der Waals surface area contributed by atoms with Crippen molar-refractivity contribution in [3.05, 3.63) is 29.8 Å². The van der Waals surface area contributed by atoms with Gasteiger partial charge in [0.05, 0.1) is 13.2 Å². The molecule has 1 atom stereocenters. The summed E-state index contributed by atoms with van der Waals surface area (Å²) < 4.78 is 16.1. The summed E-state index contributed by atoms with van der Waals surface area (Å²) in [7, 11) is 0. The molecule has 2 rings (SSSR count). The monoisotopic (exact) mass is 293 g/mol. The average Bonchev–Trinajstić information content (AvgIpc) is 2.47. The van der Waals surface area contributed by atoms with Crippen molar-refractivity contribution in [2.75, 3.05) is 39.5 Å². The van der Waals surface area contributed by atoms with Gasteiger partial charge in [-0.1, -0.05) is 18.2 Å². The molecule has 0 spiro atoms. The molecular weight excluding hydrogens is 270 g/mol. The number of carbonyl (C=O) groups excluding carboxylic acids is 1. The number of esters is 1. The Hall–Kier alpha value is -1.59. The van der Waals surface area contributed by atoms with Crippen molar-refractivity contribution >= 4 is 5.97 Å². The van der Waals surface area contributed by atoms with Crippen molar-refractivity contribution in [1.29, 1.82) is 0 Å². The van der Waals surface area contributed by atoms with E-state index >= 15 is 0 Å². The van der Waals surface area contributed by atoms with Crippen LogP contribution < -0.4 is 4.74 Å². The molecule has 0 saturated carbocycles. The van der Waals surface area contributed by atoms with E-state index < -0.39 is 0 Å². The third-order valence-corrected chi connectivity index (χ3v) is 3.39. The van der Waals surface area contributed by atoms with Crippen LogP contribution in [0.3, 0.4) is 0 Å². The zero-order chi connectivity index (χ0) is 15.1. The molecule has 0 radical (unpaired) electrons. The van der Waals surface area contributed by atoms with E-state index in [0.717, 1.165) is 44.2 Å². The third-order valence-electron chi connectivity index (χ3n) is 3.39. The Morgan fingerprint density at radius 1 is 1.33 bits per heavy atom. The highest BCUT2D eigenvalue weighted by Gasteiger charge is 2.17. The second-order valence-electron chi connectivity index (χ2n) is 5.27. The molecule has 1 fully saturated rings. The molecule has 5 nitrogen and oxygen atoms in total. The normalized spacial score (nSPS) is 17.2. The van der Waals surface area contributed by atoms with Crippen molar-refractivity contribution < 1.29 is 19.0 Å². The Morgan fingerprint density at radius 2 is 2.05 bits per heavy atom. The molecule has 0 aliphatic carbocycles. The minimum atomic E-state index is -0.334. The molecule has 5 heteroatoms. The van der Waals surface area contributed by atoms with Gasteiger partial charge in [-0.3, -0.25) is 4.90 Å². The van der Waals surface area contributed by atoms with E-state index in [4.69, 9.17) is 14.2 Å². The van der Waals surface area contributed by atoms with Crippen LogP contribution in [0.5, 0.6) is 5.75 Å². The number of ether oxygens (including phenoxy) is 3. The van der Waals surface area contributed by atoms with Gasteiger partial charge in [0.25, 0.3) is 0 Å². The molecule has 1 aliphatic rings. The Labute approximate surface area is 125 Å². The van der Waals surface area contributed by atoms with Crippen LogP contribution in [0, 0.1) is 6.92 Å². The lowest BCUT2D eigenvalue weighted by Gasteiger charge is -2.28. The molecule has 1 aromatic rings. The Bertz CT molecular complexity index is 457. The maximum Gasteiger partial charge on any atom is 0.344 e. The first-order valence-electron chi connectivity index (χ1n) is 7.33. The van der Waals surface area contributed by atoms with Crippen LogP contribution in [0.4, 0.5) is 0 Å². The van der Waals surface area contributed by atoms with Gasteiger partial charge in [-0.25, -0.2) is 4.79 Å². The summed E-state index contributed by atoms with van der Waals surface area (Å²) >= 11 is 0. The lowest BCUT2D eigenvalue weighted by molar-refractivity contribution is -0.151. The van der Waals surface area contributed by atoms with Gasteiger partial charge in [-0.15, -0.1) is 0 Å². The van der Waals surface area contributed by atoms with Gasteiger partial charge in [0.15, 0.2) is 6.61 Å². The Kier molecular flexibility index (Phi) is 6.02. The van der Waals surface area contributed by atoms with E-state index in [1.807, 2.05) is 38.1 Å². The van der Waals surface area contributed by atoms with Gasteiger partial charge in [-0.05, 0) is 25.5 Å². The second-order valence-corrected chi connectivity index (χ2v) is 5.27. The molecular formula is C16H23NO4. The zero-order valence-corrected chi connectivity index (χ0v) is 12.7. The highest BCUT2D eigenvalue weighted by atomic mass is 16.6. The van der Waals surface area contributed by atoms with E-state index in [-0.39, 0.29) is 18.7 Å². The first-order chi connectivity index (χ1) is 10.1. The topological polar surface area (TPSA) is 48.0 Å². The summed E-state index contributed by atoms with van der Waals surface area (Å²) in [5, 5.41) is 0. The van der Waals surface area contributed by atoms with Crippen LogP contribution in [0.25, 0.3) is 0 Å². The van der Waals surface area contributed by atoms with Crippen molar-refractivity contribution in [1.82, 2.24) is 4.90 Å². The van der Waals surface area contributed by atoms with Gasteiger partial charge < -0.3 is 14.2 Å². The maximum absolute atomic E-state index is 11.8. The number of rotatable bonds is 6. The predicted octanol–water partition coefficient (Wildman–Crippen LogP) is 1.64. The number of aryl methyl sites for hydroxylation is 1. The highest BCUT2D eigenvalue weighted by molar-refractivity contribution is 5.71. The molecule has 0 unspecified atom stereocenters.